The van der Waals surface area contributed by atoms with Gasteiger partial charge in [-0.05, 0) is 34.5 Å². The first-order valence-electron chi connectivity index (χ1n) is 8.67. The molecular weight excluding hydrogens is 385 g/mol. The number of carbonyl (C=O) groups excluding carboxylic acids is 2. The van der Waals surface area contributed by atoms with Gasteiger partial charge in [0.1, 0.15) is 5.75 Å². The molecule has 3 aromatic rings. The highest BCUT2D eigenvalue weighted by Crippen LogP contribution is 2.31. The average molecular weight is 402 g/mol. The first kappa shape index (κ1) is 20.2. The normalized spacial score (nSPS) is 11.1. The zero-order chi connectivity index (χ0) is 20.9. The average Bonchev–Trinajstić information content (AvgIpc) is 2.70. The predicted octanol–water partition coefficient (Wildman–Crippen LogP) is 3.63. The van der Waals surface area contributed by atoms with Crippen LogP contribution in [0.25, 0.3) is 10.8 Å². The van der Waals surface area contributed by atoms with Crippen LogP contribution in [0.3, 0.4) is 0 Å². The van der Waals surface area contributed by atoms with E-state index in [4.69, 9.17) is 4.74 Å². The second kappa shape index (κ2) is 8.64. The van der Waals surface area contributed by atoms with Gasteiger partial charge in [-0.1, -0.05) is 48.5 Å². The smallest absolute Gasteiger partial charge is 0.416 e. The molecule has 0 bridgehead atoms. The molecule has 3 aromatic carbocycles. The first-order chi connectivity index (χ1) is 13.8. The van der Waals surface area contributed by atoms with E-state index in [9.17, 15) is 22.8 Å². The van der Waals surface area contributed by atoms with Crippen molar-refractivity contribution in [3.05, 3.63) is 77.9 Å². The third-order valence-electron chi connectivity index (χ3n) is 4.10. The van der Waals surface area contributed by atoms with Gasteiger partial charge in [0.05, 0.1) is 12.0 Å². The molecule has 29 heavy (non-hydrogen) atoms. The molecular formula is C21H17F3N2O3. The standard InChI is InChI=1S/C21H17F3N2O3/c22-21(23,24)16-8-4-9-17(12-16)29-13-20(28)26-25-19(27)11-15-7-3-6-14-5-1-2-10-18(14)15/h1-10,12H,11,13H2,(H,25,27)(H,26,28). The molecule has 150 valence electrons. The molecule has 8 heteroatoms. The number of nitrogens with one attached hydrogen (secondary N) is 2. The molecule has 5 nitrogen and oxygen atoms in total. The summed E-state index contributed by atoms with van der Waals surface area (Å²) >= 11 is 0. The number of hydrogen-bond donors (Lipinski definition) is 2. The number of benzene rings is 3. The second-order valence-corrected chi connectivity index (χ2v) is 6.23. The Morgan fingerprint density at radius 2 is 1.55 bits per heavy atom. The van der Waals surface area contributed by atoms with E-state index < -0.39 is 30.2 Å². The van der Waals surface area contributed by atoms with Crippen LogP contribution >= 0.6 is 0 Å². The Kier molecular flexibility index (Phi) is 6.01. The molecule has 0 radical (unpaired) electrons. The molecule has 0 aromatic heterocycles. The number of ether oxygens (including phenoxy) is 1. The first-order valence-corrected chi connectivity index (χ1v) is 8.67. The summed E-state index contributed by atoms with van der Waals surface area (Å²) in [5, 5.41) is 1.93. The Morgan fingerprint density at radius 1 is 0.862 bits per heavy atom. The Hall–Kier alpha value is -3.55. The van der Waals surface area contributed by atoms with Crippen LogP contribution in [0.2, 0.25) is 0 Å². The van der Waals surface area contributed by atoms with Crippen LogP contribution in [-0.2, 0) is 22.2 Å². The minimum absolute atomic E-state index is 0.0517. The number of alkyl halides is 3. The van der Waals surface area contributed by atoms with Crippen LogP contribution in [0.15, 0.2) is 66.7 Å². The highest BCUT2D eigenvalue weighted by Gasteiger charge is 2.30. The third kappa shape index (κ3) is 5.47. The SMILES string of the molecule is O=C(COc1cccc(C(F)(F)F)c1)NNC(=O)Cc1cccc2ccccc12. The summed E-state index contributed by atoms with van der Waals surface area (Å²) in [5.41, 5.74) is 4.37. The molecule has 0 spiro atoms. The Balaban J connectivity index is 1.50. The lowest BCUT2D eigenvalue weighted by atomic mass is 10.0. The molecule has 2 N–H and O–H groups in total. The fraction of sp³-hybridized carbons (Fsp3) is 0.143. The number of amides is 2. The van der Waals surface area contributed by atoms with E-state index in [1.54, 1.807) is 0 Å². The van der Waals surface area contributed by atoms with Crippen LogP contribution < -0.4 is 15.6 Å². The van der Waals surface area contributed by atoms with E-state index in [1.165, 1.54) is 12.1 Å². The van der Waals surface area contributed by atoms with Crippen molar-refractivity contribution in [1.29, 1.82) is 0 Å². The lowest BCUT2D eigenvalue weighted by Crippen LogP contribution is -2.44. The molecule has 3 rings (SSSR count). The van der Waals surface area contributed by atoms with Gasteiger partial charge in [-0.25, -0.2) is 0 Å². The molecule has 0 heterocycles. The van der Waals surface area contributed by atoms with E-state index in [0.29, 0.717) is 0 Å². The minimum atomic E-state index is -4.50. The number of rotatable bonds is 5. The van der Waals surface area contributed by atoms with Gasteiger partial charge in [0.25, 0.3) is 5.91 Å². The van der Waals surface area contributed by atoms with E-state index in [-0.39, 0.29) is 12.2 Å². The van der Waals surface area contributed by atoms with Gasteiger partial charge in [-0.2, -0.15) is 13.2 Å². The fourth-order valence-corrected chi connectivity index (χ4v) is 2.75. The maximum Gasteiger partial charge on any atom is 0.416 e. The van der Waals surface area contributed by atoms with Crippen molar-refractivity contribution in [2.24, 2.45) is 0 Å². The molecule has 0 atom stereocenters. The lowest BCUT2D eigenvalue weighted by molar-refractivity contribution is -0.137. The zero-order valence-electron chi connectivity index (χ0n) is 15.1. The number of halogens is 3. The molecule has 0 aliphatic heterocycles. The summed E-state index contributed by atoms with van der Waals surface area (Å²) in [6, 6.07) is 17.4. The van der Waals surface area contributed by atoms with Gasteiger partial charge >= 0.3 is 6.18 Å². The summed E-state index contributed by atoms with van der Waals surface area (Å²) in [7, 11) is 0. The number of fused-ring (bicyclic) bond motifs is 1. The summed E-state index contributed by atoms with van der Waals surface area (Å²) < 4.78 is 43.1. The van der Waals surface area contributed by atoms with Crippen LogP contribution in [0.4, 0.5) is 13.2 Å². The van der Waals surface area contributed by atoms with Gasteiger partial charge in [-0.3, -0.25) is 20.4 Å². The number of hydrogen-bond acceptors (Lipinski definition) is 3. The van der Waals surface area contributed by atoms with E-state index >= 15 is 0 Å². The van der Waals surface area contributed by atoms with E-state index in [2.05, 4.69) is 10.9 Å². The van der Waals surface area contributed by atoms with Crippen molar-refractivity contribution < 1.29 is 27.5 Å². The second-order valence-electron chi connectivity index (χ2n) is 6.23. The number of hydrazine groups is 1. The minimum Gasteiger partial charge on any atom is -0.484 e. The molecule has 0 saturated heterocycles. The van der Waals surface area contributed by atoms with Crippen LogP contribution in [0, 0.1) is 0 Å². The van der Waals surface area contributed by atoms with Crippen molar-refractivity contribution >= 4 is 22.6 Å². The van der Waals surface area contributed by atoms with Gasteiger partial charge in [0, 0.05) is 0 Å². The molecule has 0 aliphatic carbocycles. The van der Waals surface area contributed by atoms with E-state index in [0.717, 1.165) is 28.5 Å². The Bertz CT molecular complexity index is 1030. The van der Waals surface area contributed by atoms with E-state index in [1.807, 2.05) is 42.5 Å². The van der Waals surface area contributed by atoms with Gasteiger partial charge in [-0.15, -0.1) is 0 Å². The Labute approximate surface area is 164 Å². The summed E-state index contributed by atoms with van der Waals surface area (Å²) in [5.74, 6) is -1.24. The summed E-state index contributed by atoms with van der Waals surface area (Å²) in [6.07, 6.45) is -4.45. The topological polar surface area (TPSA) is 67.4 Å². The maximum atomic E-state index is 12.7. The van der Waals surface area contributed by atoms with Gasteiger partial charge < -0.3 is 4.74 Å². The number of carbonyl (C=O) groups is 2. The zero-order valence-corrected chi connectivity index (χ0v) is 15.1. The van der Waals surface area contributed by atoms with Crippen molar-refractivity contribution in [2.45, 2.75) is 12.6 Å². The van der Waals surface area contributed by atoms with Crippen molar-refractivity contribution in [3.8, 4) is 5.75 Å². The highest BCUT2D eigenvalue weighted by molar-refractivity contribution is 5.91. The highest BCUT2D eigenvalue weighted by atomic mass is 19.4. The quantitative estimate of drug-likeness (QED) is 0.641. The molecule has 0 saturated carbocycles. The van der Waals surface area contributed by atoms with Gasteiger partial charge in [0.2, 0.25) is 5.91 Å². The maximum absolute atomic E-state index is 12.7. The lowest BCUT2D eigenvalue weighted by Gasteiger charge is -2.11. The van der Waals surface area contributed by atoms with Crippen LogP contribution in [0.5, 0.6) is 5.75 Å². The predicted molar refractivity (Wildman–Crippen MR) is 101 cm³/mol. The van der Waals surface area contributed by atoms with Crippen LogP contribution in [-0.4, -0.2) is 18.4 Å². The molecule has 0 unspecified atom stereocenters. The van der Waals surface area contributed by atoms with Crippen molar-refractivity contribution in [2.75, 3.05) is 6.61 Å². The third-order valence-corrected chi connectivity index (χ3v) is 4.10. The Morgan fingerprint density at radius 3 is 2.34 bits per heavy atom. The molecule has 0 aliphatic rings. The van der Waals surface area contributed by atoms with Crippen molar-refractivity contribution in [1.82, 2.24) is 10.9 Å². The van der Waals surface area contributed by atoms with Crippen molar-refractivity contribution in [3.63, 3.8) is 0 Å². The molecule has 2 amide bonds. The summed E-state index contributed by atoms with van der Waals surface area (Å²) in [4.78, 5) is 23.9. The monoisotopic (exact) mass is 402 g/mol. The fourth-order valence-electron chi connectivity index (χ4n) is 2.75. The largest absolute Gasteiger partial charge is 0.484 e. The summed E-state index contributed by atoms with van der Waals surface area (Å²) in [6.45, 7) is -0.546. The van der Waals surface area contributed by atoms with Crippen LogP contribution in [0.1, 0.15) is 11.1 Å². The molecule has 0 fully saturated rings. The van der Waals surface area contributed by atoms with Gasteiger partial charge in [0.15, 0.2) is 6.61 Å².